The second-order valence-electron chi connectivity index (χ2n) is 9.52. The monoisotopic (exact) mass is 497 g/mol. The molecular formula is C25H31N5O4S. The molecule has 1 aromatic carbocycles. The number of benzene rings is 1. The Bertz CT molecular complexity index is 1270. The van der Waals surface area contributed by atoms with Crippen molar-refractivity contribution in [2.24, 2.45) is 0 Å². The van der Waals surface area contributed by atoms with E-state index in [1.165, 1.54) is 4.31 Å². The Hall–Kier alpha value is -3.14. The van der Waals surface area contributed by atoms with Gasteiger partial charge in [0.15, 0.2) is 0 Å². The van der Waals surface area contributed by atoms with Gasteiger partial charge in [0, 0.05) is 57.6 Å². The summed E-state index contributed by atoms with van der Waals surface area (Å²) in [6.07, 6.45) is 3.63. The number of hydrogen-bond acceptors (Lipinski definition) is 6. The normalized spacial score (nSPS) is 20.1. The van der Waals surface area contributed by atoms with Crippen molar-refractivity contribution < 1.29 is 18.0 Å². The molecular weight excluding hydrogens is 466 g/mol. The molecule has 0 radical (unpaired) electrons. The van der Waals surface area contributed by atoms with Gasteiger partial charge in [-0.15, -0.1) is 0 Å². The molecule has 3 aliphatic rings. The van der Waals surface area contributed by atoms with Gasteiger partial charge in [0.2, 0.25) is 15.9 Å². The Kier molecular flexibility index (Phi) is 6.16. The molecule has 3 fully saturated rings. The molecule has 2 amide bonds. The molecule has 0 N–H and O–H groups in total. The standard InChI is InChI=1S/C25H31N5O4S/c1-18-15-19(2)24(26-17-18)27-10-12-28(13-11-27)25(32)21-7-6-20(29-8-3-5-23(29)31)16-22(21)30-9-4-14-35(30,33)34/h6-7,15-17H,3-5,8-14H2,1-2H3. The van der Waals surface area contributed by atoms with Crippen molar-refractivity contribution in [3.63, 3.8) is 0 Å². The SMILES string of the molecule is Cc1cnc(N2CCN(C(=O)c3ccc(N4CCCC4=O)cc3N3CCCS3(=O)=O)CC2)c(C)c1. The average molecular weight is 498 g/mol. The molecule has 0 atom stereocenters. The molecule has 10 heteroatoms. The molecule has 9 nitrogen and oxygen atoms in total. The van der Waals surface area contributed by atoms with Gasteiger partial charge < -0.3 is 14.7 Å². The third-order valence-electron chi connectivity index (χ3n) is 7.02. The Balaban J connectivity index is 1.40. The van der Waals surface area contributed by atoms with Crippen molar-refractivity contribution in [2.75, 3.05) is 59.1 Å². The van der Waals surface area contributed by atoms with Crippen molar-refractivity contribution in [3.05, 3.63) is 47.2 Å². The van der Waals surface area contributed by atoms with Gasteiger partial charge in [0.05, 0.1) is 17.0 Å². The van der Waals surface area contributed by atoms with Crippen LogP contribution in [0.4, 0.5) is 17.2 Å². The molecule has 2 aromatic rings. The summed E-state index contributed by atoms with van der Waals surface area (Å²) >= 11 is 0. The molecule has 5 rings (SSSR count). The number of hydrogen-bond donors (Lipinski definition) is 0. The molecule has 1 aromatic heterocycles. The van der Waals surface area contributed by atoms with E-state index in [2.05, 4.69) is 16.0 Å². The minimum Gasteiger partial charge on any atom is -0.353 e. The van der Waals surface area contributed by atoms with E-state index < -0.39 is 10.0 Å². The van der Waals surface area contributed by atoms with Gasteiger partial charge in [-0.3, -0.25) is 13.9 Å². The number of sulfonamides is 1. The summed E-state index contributed by atoms with van der Waals surface area (Å²) in [6.45, 7) is 7.35. The smallest absolute Gasteiger partial charge is 0.256 e. The predicted octanol–water partition coefficient (Wildman–Crippen LogP) is 2.33. The van der Waals surface area contributed by atoms with Gasteiger partial charge in [-0.1, -0.05) is 6.07 Å². The number of piperazine rings is 1. The molecule has 186 valence electrons. The summed E-state index contributed by atoms with van der Waals surface area (Å²) in [5, 5.41) is 0. The van der Waals surface area contributed by atoms with Crippen LogP contribution in [0.5, 0.6) is 0 Å². The Morgan fingerprint density at radius 2 is 1.74 bits per heavy atom. The highest BCUT2D eigenvalue weighted by atomic mass is 32.2. The van der Waals surface area contributed by atoms with Crippen molar-refractivity contribution in [2.45, 2.75) is 33.1 Å². The maximum Gasteiger partial charge on any atom is 0.256 e. The van der Waals surface area contributed by atoms with Crippen LogP contribution in [-0.4, -0.2) is 75.1 Å². The van der Waals surface area contributed by atoms with E-state index in [4.69, 9.17) is 0 Å². The van der Waals surface area contributed by atoms with Crippen LogP contribution in [0.1, 0.15) is 40.7 Å². The molecule has 3 saturated heterocycles. The van der Waals surface area contributed by atoms with Crippen LogP contribution in [0, 0.1) is 13.8 Å². The highest BCUT2D eigenvalue weighted by molar-refractivity contribution is 7.93. The Morgan fingerprint density at radius 1 is 0.971 bits per heavy atom. The predicted molar refractivity (Wildman–Crippen MR) is 136 cm³/mol. The van der Waals surface area contributed by atoms with Crippen molar-refractivity contribution in [1.82, 2.24) is 9.88 Å². The van der Waals surface area contributed by atoms with Crippen molar-refractivity contribution >= 4 is 39.0 Å². The first-order valence-electron chi connectivity index (χ1n) is 12.2. The van der Waals surface area contributed by atoms with Crippen LogP contribution in [0.2, 0.25) is 0 Å². The van der Waals surface area contributed by atoms with Gasteiger partial charge in [-0.25, -0.2) is 13.4 Å². The van der Waals surface area contributed by atoms with Crippen LogP contribution in [0.25, 0.3) is 0 Å². The summed E-state index contributed by atoms with van der Waals surface area (Å²) in [5.41, 5.74) is 3.61. The fourth-order valence-electron chi connectivity index (χ4n) is 5.24. The molecule has 0 aliphatic carbocycles. The number of carbonyl (C=O) groups excluding carboxylic acids is 2. The summed E-state index contributed by atoms with van der Waals surface area (Å²) in [4.78, 5) is 36.2. The van der Waals surface area contributed by atoms with Crippen LogP contribution in [0.3, 0.4) is 0 Å². The minimum absolute atomic E-state index is 0.0236. The lowest BCUT2D eigenvalue weighted by Gasteiger charge is -2.36. The van der Waals surface area contributed by atoms with Crippen molar-refractivity contribution in [3.8, 4) is 0 Å². The average Bonchev–Trinajstić information content (AvgIpc) is 3.42. The van der Waals surface area contributed by atoms with E-state index in [0.29, 0.717) is 69.0 Å². The Labute approximate surface area is 206 Å². The number of nitrogens with zero attached hydrogens (tertiary/aromatic N) is 5. The van der Waals surface area contributed by atoms with E-state index >= 15 is 0 Å². The maximum absolute atomic E-state index is 13.6. The summed E-state index contributed by atoms with van der Waals surface area (Å²) in [6, 6.07) is 7.26. The summed E-state index contributed by atoms with van der Waals surface area (Å²) in [5.74, 6) is 0.839. The third kappa shape index (κ3) is 4.47. The lowest BCUT2D eigenvalue weighted by atomic mass is 10.1. The van der Waals surface area contributed by atoms with E-state index in [0.717, 1.165) is 23.4 Å². The first kappa shape index (κ1) is 23.6. The van der Waals surface area contributed by atoms with E-state index in [9.17, 15) is 18.0 Å². The summed E-state index contributed by atoms with van der Waals surface area (Å²) < 4.78 is 26.9. The number of rotatable bonds is 4. The fraction of sp³-hybridized carbons (Fsp3) is 0.480. The van der Waals surface area contributed by atoms with Crippen molar-refractivity contribution in [1.29, 1.82) is 0 Å². The molecule has 0 unspecified atom stereocenters. The van der Waals surface area contributed by atoms with Crippen LogP contribution in [0.15, 0.2) is 30.5 Å². The molecule has 35 heavy (non-hydrogen) atoms. The second kappa shape index (κ2) is 9.14. The first-order valence-corrected chi connectivity index (χ1v) is 13.8. The van der Waals surface area contributed by atoms with Gasteiger partial charge >= 0.3 is 0 Å². The maximum atomic E-state index is 13.6. The zero-order valence-electron chi connectivity index (χ0n) is 20.2. The Morgan fingerprint density at radius 3 is 2.37 bits per heavy atom. The number of amides is 2. The van der Waals surface area contributed by atoms with E-state index in [-0.39, 0.29) is 17.6 Å². The van der Waals surface area contributed by atoms with Crippen LogP contribution >= 0.6 is 0 Å². The van der Waals surface area contributed by atoms with Gasteiger partial charge in [-0.05, 0) is 56.0 Å². The molecule has 0 saturated carbocycles. The third-order valence-corrected chi connectivity index (χ3v) is 8.87. The number of pyridine rings is 1. The number of aryl methyl sites for hydroxylation is 2. The minimum atomic E-state index is -3.49. The van der Waals surface area contributed by atoms with Gasteiger partial charge in [0.25, 0.3) is 5.91 Å². The number of anilines is 3. The van der Waals surface area contributed by atoms with Gasteiger partial charge in [0.1, 0.15) is 5.82 Å². The summed E-state index contributed by atoms with van der Waals surface area (Å²) in [7, 11) is -3.49. The quantitative estimate of drug-likeness (QED) is 0.644. The largest absolute Gasteiger partial charge is 0.353 e. The second-order valence-corrected chi connectivity index (χ2v) is 11.5. The number of carbonyl (C=O) groups is 2. The molecule has 0 bridgehead atoms. The lowest BCUT2D eigenvalue weighted by Crippen LogP contribution is -2.49. The fourth-order valence-corrected chi connectivity index (χ4v) is 6.81. The number of aromatic nitrogens is 1. The zero-order valence-corrected chi connectivity index (χ0v) is 21.1. The van der Waals surface area contributed by atoms with E-state index in [1.807, 2.05) is 20.0 Å². The molecule has 3 aliphatic heterocycles. The van der Waals surface area contributed by atoms with E-state index in [1.54, 1.807) is 28.0 Å². The molecule has 0 spiro atoms. The zero-order chi connectivity index (χ0) is 24.7. The molecule has 4 heterocycles. The van der Waals surface area contributed by atoms with Gasteiger partial charge in [-0.2, -0.15) is 0 Å². The highest BCUT2D eigenvalue weighted by Gasteiger charge is 2.34. The topological polar surface area (TPSA) is 94.1 Å². The van der Waals surface area contributed by atoms with Crippen LogP contribution < -0.4 is 14.1 Å². The highest BCUT2D eigenvalue weighted by Crippen LogP contribution is 2.34. The first-order chi connectivity index (χ1) is 16.7. The lowest BCUT2D eigenvalue weighted by molar-refractivity contribution is -0.117. The van der Waals surface area contributed by atoms with Crippen LogP contribution in [-0.2, 0) is 14.8 Å².